The van der Waals surface area contributed by atoms with Crippen LogP contribution in [0.1, 0.15) is 31.7 Å². The third-order valence-corrected chi connectivity index (χ3v) is 4.17. The van der Waals surface area contributed by atoms with Crippen LogP contribution < -0.4 is 14.8 Å². The molecule has 0 amide bonds. The summed E-state index contributed by atoms with van der Waals surface area (Å²) in [6.45, 7) is 2.17. The first-order valence-electron chi connectivity index (χ1n) is 7.54. The van der Waals surface area contributed by atoms with Gasteiger partial charge in [-0.05, 0) is 43.9 Å². The third-order valence-electron chi connectivity index (χ3n) is 4.17. The van der Waals surface area contributed by atoms with Crippen LogP contribution in [-0.2, 0) is 6.42 Å². The van der Waals surface area contributed by atoms with Crippen molar-refractivity contribution in [2.45, 2.75) is 44.7 Å². The summed E-state index contributed by atoms with van der Waals surface area (Å²) in [4.78, 5) is 0. The van der Waals surface area contributed by atoms with Gasteiger partial charge in [-0.25, -0.2) is 0 Å². The molecule has 1 fully saturated rings. The van der Waals surface area contributed by atoms with Crippen molar-refractivity contribution in [1.82, 2.24) is 5.32 Å². The quantitative estimate of drug-likeness (QED) is 0.874. The molecule has 1 saturated carbocycles. The minimum atomic E-state index is 0.165. The number of nitrogens with one attached hydrogen (secondary N) is 1. The lowest BCUT2D eigenvalue weighted by Gasteiger charge is -2.22. The lowest BCUT2D eigenvalue weighted by atomic mass is 10.0. The van der Waals surface area contributed by atoms with E-state index in [2.05, 4.69) is 24.4 Å². The van der Waals surface area contributed by atoms with E-state index in [-0.39, 0.29) is 5.92 Å². The second-order valence-corrected chi connectivity index (χ2v) is 5.73. The van der Waals surface area contributed by atoms with Gasteiger partial charge in [0.05, 0.1) is 26.2 Å². The minimum Gasteiger partial charge on any atom is -0.493 e. The van der Waals surface area contributed by atoms with Crippen LogP contribution in [0, 0.1) is 17.2 Å². The molecule has 0 saturated heterocycles. The van der Waals surface area contributed by atoms with Crippen LogP contribution in [0.3, 0.4) is 0 Å². The van der Waals surface area contributed by atoms with Crippen molar-refractivity contribution in [3.05, 3.63) is 23.8 Å². The molecule has 0 radical (unpaired) electrons. The summed E-state index contributed by atoms with van der Waals surface area (Å²) in [6.07, 6.45) is 4.19. The maximum Gasteiger partial charge on any atom is 0.160 e. The van der Waals surface area contributed by atoms with Gasteiger partial charge in [-0.1, -0.05) is 12.5 Å². The van der Waals surface area contributed by atoms with E-state index in [1.54, 1.807) is 14.2 Å². The highest BCUT2D eigenvalue weighted by Gasteiger charge is 2.27. The topological polar surface area (TPSA) is 54.3 Å². The summed E-state index contributed by atoms with van der Waals surface area (Å²) < 4.78 is 10.6. The standard InChI is InChI=1S/C17H24N2O2/c1-12(19-15-6-4-5-14(15)11-18)9-13-7-8-16(20-2)17(10-13)21-3/h7-8,10,12,14-15,19H,4-6,9H2,1-3H3. The summed E-state index contributed by atoms with van der Waals surface area (Å²) in [7, 11) is 3.29. The van der Waals surface area contributed by atoms with Gasteiger partial charge in [-0.3, -0.25) is 0 Å². The Morgan fingerprint density at radius 2 is 2.05 bits per heavy atom. The van der Waals surface area contributed by atoms with Gasteiger partial charge >= 0.3 is 0 Å². The smallest absolute Gasteiger partial charge is 0.160 e. The van der Waals surface area contributed by atoms with E-state index < -0.39 is 0 Å². The van der Waals surface area contributed by atoms with Gasteiger partial charge in [0.2, 0.25) is 0 Å². The molecular formula is C17H24N2O2. The van der Waals surface area contributed by atoms with Crippen LogP contribution in [-0.4, -0.2) is 26.3 Å². The van der Waals surface area contributed by atoms with E-state index in [1.807, 2.05) is 12.1 Å². The second-order valence-electron chi connectivity index (χ2n) is 5.73. The number of nitriles is 1. The van der Waals surface area contributed by atoms with Crippen molar-refractivity contribution < 1.29 is 9.47 Å². The van der Waals surface area contributed by atoms with Crippen LogP contribution in [0.2, 0.25) is 0 Å². The van der Waals surface area contributed by atoms with Crippen LogP contribution in [0.4, 0.5) is 0 Å². The van der Waals surface area contributed by atoms with Gasteiger partial charge in [0.25, 0.3) is 0 Å². The number of hydrogen-bond donors (Lipinski definition) is 1. The number of methoxy groups -OCH3 is 2. The molecule has 114 valence electrons. The number of ether oxygens (including phenoxy) is 2. The van der Waals surface area contributed by atoms with E-state index in [4.69, 9.17) is 14.7 Å². The summed E-state index contributed by atoms with van der Waals surface area (Å²) >= 11 is 0. The Hall–Kier alpha value is -1.73. The van der Waals surface area contributed by atoms with Crippen molar-refractivity contribution in [3.63, 3.8) is 0 Å². The molecular weight excluding hydrogens is 264 g/mol. The molecule has 0 aliphatic heterocycles. The third kappa shape index (κ3) is 3.89. The van der Waals surface area contributed by atoms with E-state index in [0.717, 1.165) is 37.2 Å². The predicted octanol–water partition coefficient (Wildman–Crippen LogP) is 2.92. The largest absolute Gasteiger partial charge is 0.493 e. The molecule has 4 nitrogen and oxygen atoms in total. The van der Waals surface area contributed by atoms with Gasteiger partial charge in [0, 0.05) is 12.1 Å². The van der Waals surface area contributed by atoms with E-state index >= 15 is 0 Å². The van der Waals surface area contributed by atoms with Crippen molar-refractivity contribution >= 4 is 0 Å². The average molecular weight is 288 g/mol. The first-order valence-corrected chi connectivity index (χ1v) is 7.54. The van der Waals surface area contributed by atoms with E-state index in [9.17, 15) is 0 Å². The molecule has 0 bridgehead atoms. The monoisotopic (exact) mass is 288 g/mol. The maximum absolute atomic E-state index is 9.14. The molecule has 1 N–H and O–H groups in total. The normalized spacial score (nSPS) is 22.6. The molecule has 3 atom stereocenters. The Morgan fingerprint density at radius 1 is 1.29 bits per heavy atom. The van der Waals surface area contributed by atoms with Crippen molar-refractivity contribution in [2.24, 2.45) is 5.92 Å². The van der Waals surface area contributed by atoms with E-state index in [0.29, 0.717) is 12.1 Å². The number of hydrogen-bond acceptors (Lipinski definition) is 4. The summed E-state index contributed by atoms with van der Waals surface area (Å²) in [5.74, 6) is 1.68. The predicted molar refractivity (Wildman–Crippen MR) is 82.6 cm³/mol. The fourth-order valence-electron chi connectivity index (χ4n) is 3.10. The summed E-state index contributed by atoms with van der Waals surface area (Å²) in [5, 5.41) is 12.7. The van der Waals surface area contributed by atoms with Crippen LogP contribution in [0.5, 0.6) is 11.5 Å². The highest BCUT2D eigenvalue weighted by molar-refractivity contribution is 5.43. The Balaban J connectivity index is 1.96. The molecule has 3 unspecified atom stereocenters. The number of rotatable bonds is 6. The highest BCUT2D eigenvalue weighted by atomic mass is 16.5. The average Bonchev–Trinajstić information content (AvgIpc) is 2.94. The van der Waals surface area contributed by atoms with Gasteiger partial charge < -0.3 is 14.8 Å². The summed E-state index contributed by atoms with van der Waals surface area (Å²) in [5.41, 5.74) is 1.21. The first kappa shape index (κ1) is 15.7. The molecule has 1 aliphatic carbocycles. The lowest BCUT2D eigenvalue weighted by Crippen LogP contribution is -2.39. The van der Waals surface area contributed by atoms with Crippen LogP contribution >= 0.6 is 0 Å². The molecule has 2 rings (SSSR count). The van der Waals surface area contributed by atoms with Gasteiger partial charge in [-0.2, -0.15) is 5.26 Å². The van der Waals surface area contributed by atoms with Crippen LogP contribution in [0.15, 0.2) is 18.2 Å². The zero-order valence-corrected chi connectivity index (χ0v) is 13.1. The van der Waals surface area contributed by atoms with Gasteiger partial charge in [-0.15, -0.1) is 0 Å². The first-order chi connectivity index (χ1) is 10.2. The fourth-order valence-corrected chi connectivity index (χ4v) is 3.10. The second kappa shape index (κ2) is 7.33. The Morgan fingerprint density at radius 3 is 2.71 bits per heavy atom. The Kier molecular flexibility index (Phi) is 5.46. The molecule has 1 aromatic carbocycles. The molecule has 0 heterocycles. The molecule has 1 aromatic rings. The number of nitrogens with zero attached hydrogens (tertiary/aromatic N) is 1. The van der Waals surface area contributed by atoms with Crippen molar-refractivity contribution in [1.29, 1.82) is 5.26 Å². The highest BCUT2D eigenvalue weighted by Crippen LogP contribution is 2.29. The molecule has 4 heteroatoms. The minimum absolute atomic E-state index is 0.165. The molecule has 21 heavy (non-hydrogen) atoms. The van der Waals surface area contributed by atoms with E-state index in [1.165, 1.54) is 5.56 Å². The van der Waals surface area contributed by atoms with Crippen molar-refractivity contribution in [2.75, 3.05) is 14.2 Å². The van der Waals surface area contributed by atoms with Gasteiger partial charge in [0.1, 0.15) is 0 Å². The maximum atomic E-state index is 9.14. The molecule has 1 aliphatic rings. The Labute approximate surface area is 127 Å². The SMILES string of the molecule is COc1ccc(CC(C)NC2CCCC2C#N)cc1OC. The number of benzene rings is 1. The fraction of sp³-hybridized carbons (Fsp3) is 0.588. The lowest BCUT2D eigenvalue weighted by molar-refractivity contribution is 0.354. The van der Waals surface area contributed by atoms with Crippen LogP contribution in [0.25, 0.3) is 0 Å². The van der Waals surface area contributed by atoms with Gasteiger partial charge in [0.15, 0.2) is 11.5 Å². The zero-order valence-electron chi connectivity index (χ0n) is 13.1. The molecule has 0 aromatic heterocycles. The Bertz CT molecular complexity index is 510. The van der Waals surface area contributed by atoms with Crippen molar-refractivity contribution in [3.8, 4) is 17.6 Å². The zero-order chi connectivity index (χ0) is 15.2. The molecule has 0 spiro atoms. The summed E-state index contributed by atoms with van der Waals surface area (Å²) in [6, 6.07) is 9.12.